The molecule has 0 unspecified atom stereocenters. The summed E-state index contributed by atoms with van der Waals surface area (Å²) in [4.78, 5) is 35.4. The van der Waals surface area contributed by atoms with Gasteiger partial charge < -0.3 is 15.6 Å². The van der Waals surface area contributed by atoms with Gasteiger partial charge in [-0.3, -0.25) is 14.6 Å². The minimum Gasteiger partial charge on any atom is -0.354 e. The highest BCUT2D eigenvalue weighted by molar-refractivity contribution is 5.92. The van der Waals surface area contributed by atoms with Crippen LogP contribution >= 0.6 is 0 Å². The van der Waals surface area contributed by atoms with Crippen LogP contribution in [0.25, 0.3) is 16.6 Å². The average Bonchev–Trinajstić information content (AvgIpc) is 2.75. The van der Waals surface area contributed by atoms with Crippen LogP contribution in [0.5, 0.6) is 0 Å². The number of aromatic nitrogens is 3. The maximum Gasteiger partial charge on any atom is 0.269 e. The third kappa shape index (κ3) is 4.25. The molecule has 31 heavy (non-hydrogen) atoms. The molecule has 0 radical (unpaired) electrons. The Morgan fingerprint density at radius 1 is 1.32 bits per heavy atom. The van der Waals surface area contributed by atoms with Gasteiger partial charge >= 0.3 is 0 Å². The van der Waals surface area contributed by atoms with E-state index in [1.807, 2.05) is 6.92 Å². The van der Waals surface area contributed by atoms with E-state index in [1.54, 1.807) is 18.3 Å². The van der Waals surface area contributed by atoms with Gasteiger partial charge in [-0.25, -0.2) is 4.98 Å². The van der Waals surface area contributed by atoms with Gasteiger partial charge in [0, 0.05) is 36.4 Å². The monoisotopic (exact) mass is 425 g/mol. The molecule has 160 valence electrons. The molecule has 0 aromatic carbocycles. The fourth-order valence-corrected chi connectivity index (χ4v) is 3.56. The third-order valence-electron chi connectivity index (χ3n) is 5.13. The number of hydrogen-bond acceptors (Lipinski definition) is 5. The summed E-state index contributed by atoms with van der Waals surface area (Å²) < 4.78 is 47.4. The van der Waals surface area contributed by atoms with Crippen molar-refractivity contribution in [2.45, 2.75) is 26.2 Å². The second-order valence-corrected chi connectivity index (χ2v) is 7.13. The van der Waals surface area contributed by atoms with Crippen molar-refractivity contribution >= 4 is 22.5 Å². The highest BCUT2D eigenvalue weighted by Crippen LogP contribution is 2.28. The number of aryl methyl sites for hydroxylation is 1. The lowest BCUT2D eigenvalue weighted by Crippen LogP contribution is -2.23. The van der Waals surface area contributed by atoms with E-state index in [-0.39, 0.29) is 35.2 Å². The van der Waals surface area contributed by atoms with E-state index in [9.17, 15) is 9.59 Å². The van der Waals surface area contributed by atoms with Crippen molar-refractivity contribution in [1.29, 1.82) is 0 Å². The quantitative estimate of drug-likeness (QED) is 0.545. The van der Waals surface area contributed by atoms with E-state index in [0.29, 0.717) is 34.1 Å². The van der Waals surface area contributed by atoms with Gasteiger partial charge in [0.25, 0.3) is 11.5 Å². The Morgan fingerprint density at radius 2 is 2.16 bits per heavy atom. The van der Waals surface area contributed by atoms with Crippen molar-refractivity contribution < 1.29 is 14.7 Å². The number of rotatable bonds is 5. The van der Waals surface area contributed by atoms with Crippen LogP contribution < -0.4 is 16.2 Å². The molecule has 0 bridgehead atoms. The molecule has 1 amide bonds. The summed E-state index contributed by atoms with van der Waals surface area (Å²) in [5.41, 5.74) is 2.25. The van der Waals surface area contributed by atoms with Crippen molar-refractivity contribution in [3.8, 4) is 0 Å². The molecular formula is C23H24FN5O2. The van der Waals surface area contributed by atoms with Gasteiger partial charge in [0.15, 0.2) is 0 Å². The van der Waals surface area contributed by atoms with E-state index >= 15 is 4.39 Å². The zero-order chi connectivity index (χ0) is 25.5. The molecule has 4 rings (SSSR count). The number of nitrogens with one attached hydrogen (secondary N) is 3. The predicted octanol–water partition coefficient (Wildman–Crippen LogP) is 2.35. The standard InChI is InChI=1S/C23H24FN5O2/c1-3-14-10-17-18(29-22(14)30)9-13(12-27-17)8-16-11-19(23(31)25-2)28-21(24)20(16)15-4-6-26-7-5-15/h4,9-12,26H,3,5-8H2,1-2H3,(H,25,31)(H,29,30)/i6D2,7D2. The summed E-state index contributed by atoms with van der Waals surface area (Å²) in [6.45, 7) is -2.48. The van der Waals surface area contributed by atoms with Gasteiger partial charge in [0.1, 0.15) is 5.69 Å². The third-order valence-corrected chi connectivity index (χ3v) is 5.13. The van der Waals surface area contributed by atoms with Crippen LogP contribution in [0, 0.1) is 5.95 Å². The van der Waals surface area contributed by atoms with Crippen LogP contribution in [-0.2, 0) is 12.8 Å². The molecule has 4 heterocycles. The van der Waals surface area contributed by atoms with Crippen LogP contribution in [-0.4, -0.2) is 40.9 Å². The van der Waals surface area contributed by atoms with Gasteiger partial charge in [-0.05, 0) is 60.7 Å². The Labute approximate surface area is 184 Å². The van der Waals surface area contributed by atoms with Crippen LogP contribution in [0.1, 0.15) is 51.6 Å². The first kappa shape index (κ1) is 16.3. The molecule has 0 atom stereocenters. The van der Waals surface area contributed by atoms with Crippen LogP contribution in [0.3, 0.4) is 0 Å². The smallest absolute Gasteiger partial charge is 0.269 e. The zero-order valence-corrected chi connectivity index (χ0v) is 17.1. The Balaban J connectivity index is 1.85. The molecule has 7 nitrogen and oxygen atoms in total. The normalized spacial score (nSPS) is 19.0. The molecule has 1 aliphatic rings. The number of carbonyl (C=O) groups excluding carboxylic acids is 1. The average molecular weight is 426 g/mol. The number of nitrogens with zero attached hydrogens (tertiary/aromatic N) is 2. The fraction of sp³-hybridized carbons (Fsp3) is 0.304. The SMILES string of the molecule is [2H]C1([2H])C=C(c2c(Cc3cnc4cc(CC)c(=O)[nH]c4c3)cc(C(=O)NC)nc2F)CC([2H])([2H])N1. The van der Waals surface area contributed by atoms with Crippen molar-refractivity contribution in [3.63, 3.8) is 0 Å². The highest BCUT2D eigenvalue weighted by atomic mass is 19.1. The topological polar surface area (TPSA) is 99.8 Å². The van der Waals surface area contributed by atoms with Crippen LogP contribution in [0.4, 0.5) is 4.39 Å². The van der Waals surface area contributed by atoms with Crippen molar-refractivity contribution in [1.82, 2.24) is 25.6 Å². The first-order chi connectivity index (χ1) is 16.4. The lowest BCUT2D eigenvalue weighted by atomic mass is 9.92. The van der Waals surface area contributed by atoms with Gasteiger partial charge in [-0.1, -0.05) is 13.0 Å². The number of carbonyl (C=O) groups is 1. The number of hydrogen-bond donors (Lipinski definition) is 3. The van der Waals surface area contributed by atoms with E-state index in [0.717, 1.165) is 6.08 Å². The molecule has 0 saturated carbocycles. The summed E-state index contributed by atoms with van der Waals surface area (Å²) in [5.74, 6) is -1.61. The lowest BCUT2D eigenvalue weighted by molar-refractivity contribution is 0.0957. The second-order valence-electron chi connectivity index (χ2n) is 7.13. The molecule has 1 aliphatic heterocycles. The Bertz CT molecular complexity index is 1420. The molecule has 0 saturated heterocycles. The van der Waals surface area contributed by atoms with Crippen LogP contribution in [0.15, 0.2) is 35.3 Å². The van der Waals surface area contributed by atoms with Gasteiger partial charge in [0.05, 0.1) is 11.0 Å². The van der Waals surface area contributed by atoms with Gasteiger partial charge in [-0.2, -0.15) is 4.39 Å². The first-order valence-corrected chi connectivity index (χ1v) is 9.85. The number of fused-ring (bicyclic) bond motifs is 1. The summed E-state index contributed by atoms with van der Waals surface area (Å²) in [6.07, 6.45) is 3.04. The van der Waals surface area contributed by atoms with E-state index in [2.05, 4.69) is 25.6 Å². The number of aromatic amines is 1. The minimum atomic E-state index is -2.22. The highest BCUT2D eigenvalue weighted by Gasteiger charge is 2.20. The molecule has 3 aromatic heterocycles. The first-order valence-electron chi connectivity index (χ1n) is 11.8. The summed E-state index contributed by atoms with van der Waals surface area (Å²) in [6, 6.07) is 4.82. The van der Waals surface area contributed by atoms with E-state index in [1.165, 1.54) is 13.1 Å². The molecule has 0 aliphatic carbocycles. The predicted molar refractivity (Wildman–Crippen MR) is 118 cm³/mol. The molecule has 3 N–H and O–H groups in total. The van der Waals surface area contributed by atoms with Crippen molar-refractivity contribution in [2.75, 3.05) is 20.0 Å². The number of halogens is 1. The molecule has 8 heteroatoms. The summed E-state index contributed by atoms with van der Waals surface area (Å²) >= 11 is 0. The van der Waals surface area contributed by atoms with Crippen molar-refractivity contribution in [3.05, 3.63) is 74.7 Å². The Kier molecular flexibility index (Phi) is 4.62. The number of H-pyrrole nitrogens is 1. The largest absolute Gasteiger partial charge is 0.354 e. The summed E-state index contributed by atoms with van der Waals surface area (Å²) in [5, 5.41) is 4.63. The second kappa shape index (κ2) is 8.77. The minimum absolute atomic E-state index is 0.0678. The lowest BCUT2D eigenvalue weighted by Gasteiger charge is -2.19. The molecule has 0 fully saturated rings. The number of pyridine rings is 3. The van der Waals surface area contributed by atoms with Crippen molar-refractivity contribution in [2.24, 2.45) is 0 Å². The number of amides is 1. The Hall–Kier alpha value is -3.39. The van der Waals surface area contributed by atoms with Gasteiger partial charge in [0.2, 0.25) is 5.95 Å². The maximum atomic E-state index is 15.3. The Morgan fingerprint density at radius 3 is 2.90 bits per heavy atom. The summed E-state index contributed by atoms with van der Waals surface area (Å²) in [7, 11) is 1.39. The fourth-order valence-electron chi connectivity index (χ4n) is 3.56. The molecule has 3 aromatic rings. The van der Waals surface area contributed by atoms with Crippen LogP contribution in [0.2, 0.25) is 0 Å². The maximum absolute atomic E-state index is 15.3. The zero-order valence-electron chi connectivity index (χ0n) is 21.1. The molecule has 0 spiro atoms. The van der Waals surface area contributed by atoms with Gasteiger partial charge in [-0.15, -0.1) is 0 Å². The van der Waals surface area contributed by atoms with E-state index < -0.39 is 24.8 Å². The van der Waals surface area contributed by atoms with E-state index in [4.69, 9.17) is 5.48 Å². The molecular weight excluding hydrogens is 397 g/mol.